The van der Waals surface area contributed by atoms with E-state index in [4.69, 9.17) is 23.7 Å². The van der Waals surface area contributed by atoms with E-state index in [0.717, 1.165) is 15.8 Å². The van der Waals surface area contributed by atoms with Crippen molar-refractivity contribution in [2.75, 3.05) is 75.4 Å². The van der Waals surface area contributed by atoms with Crippen LogP contribution >= 0.6 is 0 Å². The molecule has 1 atom stereocenters. The fraction of sp³-hybridized carbons (Fsp3) is 0.316. The lowest BCUT2D eigenvalue weighted by Gasteiger charge is -2.27. The summed E-state index contributed by atoms with van der Waals surface area (Å²) < 4.78 is 27.5. The van der Waals surface area contributed by atoms with E-state index in [9.17, 15) is 28.8 Å². The average Bonchev–Trinajstić information content (AvgIpc) is 3.73. The Bertz CT molecular complexity index is 2030. The fourth-order valence-electron chi connectivity index (χ4n) is 5.84. The number of aromatic amines is 1. The van der Waals surface area contributed by atoms with Gasteiger partial charge in [0.1, 0.15) is 25.0 Å². The van der Waals surface area contributed by atoms with Gasteiger partial charge in [-0.2, -0.15) is 0 Å². The number of benzene rings is 3. The highest BCUT2D eigenvalue weighted by molar-refractivity contribution is 6.23. The number of rotatable bonds is 19. The molecule has 1 aromatic heterocycles. The number of imide groups is 2. The first-order valence-corrected chi connectivity index (χ1v) is 17.6. The molecule has 0 saturated carbocycles. The lowest BCUT2D eigenvalue weighted by Crippen LogP contribution is -2.54. The zero-order valence-corrected chi connectivity index (χ0v) is 29.7. The van der Waals surface area contributed by atoms with Gasteiger partial charge in [-0.1, -0.05) is 6.07 Å². The monoisotopic (exact) mass is 756 g/mol. The van der Waals surface area contributed by atoms with E-state index < -0.39 is 35.7 Å². The van der Waals surface area contributed by atoms with Gasteiger partial charge in [-0.25, -0.2) is 4.79 Å². The number of hydrogen-bond donors (Lipinski definition) is 5. The quantitative estimate of drug-likeness (QED) is 0.0691. The van der Waals surface area contributed by atoms with Gasteiger partial charge in [0.25, 0.3) is 11.8 Å². The van der Waals surface area contributed by atoms with Crippen LogP contribution in [-0.2, 0) is 33.3 Å². The highest BCUT2D eigenvalue weighted by atomic mass is 16.6. The van der Waals surface area contributed by atoms with Crippen molar-refractivity contribution in [2.24, 2.45) is 0 Å². The molecule has 5 N–H and O–H groups in total. The summed E-state index contributed by atoms with van der Waals surface area (Å²) in [6.45, 7) is 2.12. The topological polar surface area (TPSA) is 216 Å². The van der Waals surface area contributed by atoms with E-state index in [2.05, 4.69) is 26.3 Å². The summed E-state index contributed by atoms with van der Waals surface area (Å²) >= 11 is 0. The van der Waals surface area contributed by atoms with Gasteiger partial charge in [0, 0.05) is 35.2 Å². The standard InChI is InChI=1S/C38H40N6O11/c45-33-10-9-32(35(47)43-33)44-36(48)29-8-7-28(22-30(29)37(44)49)55-20-19-53-16-15-51-13-14-52-17-18-54-23-34(46)40-25-3-5-26(6-4-25)41-38(50)42-27-2-1-24-11-12-39-31(24)21-27/h1-8,11-12,21-22,32,39H,9-10,13-20,23H2,(H,40,46)(H2,41,42,50)(H,43,45,47). The SMILES string of the molecule is O=C1CCC(N2C(=O)c3ccc(OCCOCCOCCOCCOCC(=O)Nc4ccc(NC(=O)Nc5ccc6cc[nH]c6c5)cc4)cc3C2=O)C(=O)N1. The Labute approximate surface area is 314 Å². The number of urea groups is 1. The summed E-state index contributed by atoms with van der Waals surface area (Å²) in [6.07, 6.45) is 1.97. The second kappa shape index (κ2) is 18.8. The van der Waals surface area contributed by atoms with Gasteiger partial charge in [0.15, 0.2) is 0 Å². The minimum Gasteiger partial charge on any atom is -0.491 e. The van der Waals surface area contributed by atoms with Crippen LogP contribution in [0.15, 0.2) is 72.9 Å². The molecule has 4 aromatic rings. The molecule has 2 aliphatic heterocycles. The zero-order chi connectivity index (χ0) is 38.6. The van der Waals surface area contributed by atoms with Crippen LogP contribution in [0.1, 0.15) is 33.6 Å². The molecule has 7 amide bonds. The molecule has 288 valence electrons. The number of H-pyrrole nitrogens is 1. The number of nitrogens with zero attached hydrogens (tertiary/aromatic N) is 1. The number of carbonyl (C=O) groups is 6. The molecule has 6 rings (SSSR count). The lowest BCUT2D eigenvalue weighted by molar-refractivity contribution is -0.136. The highest BCUT2D eigenvalue weighted by Crippen LogP contribution is 2.30. The second-order valence-electron chi connectivity index (χ2n) is 12.4. The first-order valence-electron chi connectivity index (χ1n) is 17.6. The van der Waals surface area contributed by atoms with Crippen LogP contribution in [0, 0.1) is 0 Å². The molecule has 0 bridgehead atoms. The molecule has 3 heterocycles. The predicted octanol–water partition coefficient (Wildman–Crippen LogP) is 3.30. The third-order valence-corrected chi connectivity index (χ3v) is 8.50. The van der Waals surface area contributed by atoms with Crippen molar-refractivity contribution in [2.45, 2.75) is 18.9 Å². The van der Waals surface area contributed by atoms with Crippen molar-refractivity contribution in [3.05, 3.63) is 84.1 Å². The minimum atomic E-state index is -1.03. The Hall–Kier alpha value is -6.14. The van der Waals surface area contributed by atoms with Crippen LogP contribution in [0.3, 0.4) is 0 Å². The minimum absolute atomic E-state index is 0.0494. The Morgan fingerprint density at radius 1 is 0.673 bits per heavy atom. The highest BCUT2D eigenvalue weighted by Gasteiger charge is 2.44. The molecule has 0 spiro atoms. The van der Waals surface area contributed by atoms with Gasteiger partial charge in [0.05, 0.1) is 57.4 Å². The van der Waals surface area contributed by atoms with E-state index in [1.165, 1.54) is 12.1 Å². The van der Waals surface area contributed by atoms with E-state index in [0.29, 0.717) is 49.2 Å². The first-order chi connectivity index (χ1) is 26.7. The maximum absolute atomic E-state index is 12.9. The van der Waals surface area contributed by atoms with E-state index in [1.54, 1.807) is 30.3 Å². The van der Waals surface area contributed by atoms with Crippen molar-refractivity contribution < 1.29 is 52.5 Å². The normalized spacial score (nSPS) is 15.2. The summed E-state index contributed by atoms with van der Waals surface area (Å²) in [7, 11) is 0. The summed E-state index contributed by atoms with van der Waals surface area (Å²) in [6, 6.07) is 17.3. The molecule has 2 aliphatic rings. The summed E-state index contributed by atoms with van der Waals surface area (Å²) in [5.74, 6) is -2.24. The fourth-order valence-corrected chi connectivity index (χ4v) is 5.84. The number of piperidine rings is 1. The molecule has 0 aliphatic carbocycles. The van der Waals surface area contributed by atoms with E-state index in [1.807, 2.05) is 30.5 Å². The van der Waals surface area contributed by atoms with Gasteiger partial charge in [0.2, 0.25) is 17.7 Å². The Morgan fingerprint density at radius 2 is 1.29 bits per heavy atom. The van der Waals surface area contributed by atoms with E-state index >= 15 is 0 Å². The summed E-state index contributed by atoms with van der Waals surface area (Å²) in [5.41, 5.74) is 3.00. The number of anilines is 3. The number of hydrogen-bond acceptors (Lipinski definition) is 11. The first kappa shape index (κ1) is 38.6. The third kappa shape index (κ3) is 10.5. The molecule has 3 aromatic carbocycles. The largest absolute Gasteiger partial charge is 0.491 e. The number of carbonyl (C=O) groups excluding carboxylic acids is 6. The van der Waals surface area contributed by atoms with Crippen LogP contribution in [0.5, 0.6) is 5.75 Å². The summed E-state index contributed by atoms with van der Waals surface area (Å²) in [4.78, 5) is 78.0. The average molecular weight is 757 g/mol. The predicted molar refractivity (Wildman–Crippen MR) is 198 cm³/mol. The maximum Gasteiger partial charge on any atom is 0.323 e. The Kier molecular flexibility index (Phi) is 13.2. The molecule has 1 fully saturated rings. The van der Waals surface area contributed by atoms with Crippen molar-refractivity contribution in [3.8, 4) is 5.75 Å². The number of fused-ring (bicyclic) bond motifs is 2. The maximum atomic E-state index is 12.9. The number of aromatic nitrogens is 1. The Balaban J connectivity index is 0.748. The smallest absolute Gasteiger partial charge is 0.323 e. The van der Waals surface area contributed by atoms with Crippen LogP contribution in [0.2, 0.25) is 0 Å². The van der Waals surface area contributed by atoms with Crippen LogP contribution in [-0.4, -0.2) is 111 Å². The van der Waals surface area contributed by atoms with E-state index in [-0.39, 0.29) is 62.9 Å². The van der Waals surface area contributed by atoms with Gasteiger partial charge < -0.3 is 44.6 Å². The van der Waals surface area contributed by atoms with Gasteiger partial charge >= 0.3 is 6.03 Å². The molecule has 17 nitrogen and oxygen atoms in total. The molecule has 17 heteroatoms. The van der Waals surface area contributed by atoms with Gasteiger partial charge in [-0.15, -0.1) is 0 Å². The summed E-state index contributed by atoms with van der Waals surface area (Å²) in [5, 5.41) is 11.5. The molecule has 1 saturated heterocycles. The van der Waals surface area contributed by atoms with Crippen LogP contribution < -0.4 is 26.0 Å². The Morgan fingerprint density at radius 3 is 2.00 bits per heavy atom. The van der Waals surface area contributed by atoms with Crippen molar-refractivity contribution in [1.82, 2.24) is 15.2 Å². The van der Waals surface area contributed by atoms with Crippen LogP contribution in [0.25, 0.3) is 10.9 Å². The van der Waals surface area contributed by atoms with Crippen LogP contribution in [0.4, 0.5) is 21.9 Å². The number of ether oxygens (including phenoxy) is 5. The molecular weight excluding hydrogens is 716 g/mol. The molecule has 0 radical (unpaired) electrons. The van der Waals surface area contributed by atoms with Gasteiger partial charge in [-0.3, -0.25) is 34.2 Å². The van der Waals surface area contributed by atoms with Crippen molar-refractivity contribution in [3.63, 3.8) is 0 Å². The van der Waals surface area contributed by atoms with Crippen molar-refractivity contribution >= 4 is 63.5 Å². The number of amides is 7. The third-order valence-electron chi connectivity index (χ3n) is 8.50. The second-order valence-corrected chi connectivity index (χ2v) is 12.4. The van der Waals surface area contributed by atoms with Gasteiger partial charge in [-0.05, 0) is 72.5 Å². The lowest BCUT2D eigenvalue weighted by atomic mass is 10.0. The zero-order valence-electron chi connectivity index (χ0n) is 29.7. The molecular formula is C38H40N6O11. The molecule has 55 heavy (non-hydrogen) atoms. The number of nitrogens with one attached hydrogen (secondary N) is 5. The van der Waals surface area contributed by atoms with Crippen molar-refractivity contribution in [1.29, 1.82) is 0 Å². The molecule has 1 unspecified atom stereocenters.